The molecule has 2 heterocycles. The molecule has 1 fully saturated rings. The van der Waals surface area contributed by atoms with Crippen LogP contribution in [-0.4, -0.2) is 24.2 Å². The molecule has 1 saturated heterocycles. The van der Waals surface area contributed by atoms with Crippen LogP contribution in [0.1, 0.15) is 12.8 Å². The van der Waals surface area contributed by atoms with Crippen LogP contribution >= 0.6 is 12.4 Å². The number of benzene rings is 1. The number of halogens is 1. The third-order valence-electron chi connectivity index (χ3n) is 2.79. The summed E-state index contributed by atoms with van der Waals surface area (Å²) >= 11 is 0. The van der Waals surface area contributed by atoms with E-state index in [1.165, 1.54) is 0 Å². The van der Waals surface area contributed by atoms with Crippen LogP contribution in [0.4, 0.5) is 0 Å². The summed E-state index contributed by atoms with van der Waals surface area (Å²) in [5.74, 6) is 0. The zero-order valence-electron chi connectivity index (χ0n) is 9.39. The Morgan fingerprint density at radius 1 is 1.35 bits per heavy atom. The van der Waals surface area contributed by atoms with Gasteiger partial charge in [-0.15, -0.1) is 12.4 Å². The van der Waals surface area contributed by atoms with Crippen molar-refractivity contribution in [3.8, 4) is 6.08 Å². The highest BCUT2D eigenvalue weighted by Gasteiger charge is 2.17. The number of hydrogen-bond donors (Lipinski definition) is 1. The minimum atomic E-state index is 0. The molecule has 92 valence electrons. The molecule has 0 spiro atoms. The van der Waals surface area contributed by atoms with E-state index in [2.05, 4.69) is 10.3 Å². The molecule has 4 nitrogen and oxygen atoms in total. The largest absolute Gasteiger partial charge is 0.445 e. The van der Waals surface area contributed by atoms with Gasteiger partial charge in [0.2, 0.25) is 0 Å². The number of ether oxygens (including phenoxy) is 1. The van der Waals surface area contributed by atoms with Crippen molar-refractivity contribution in [2.24, 2.45) is 0 Å². The Labute approximate surface area is 106 Å². The number of para-hydroxylation sites is 2. The monoisotopic (exact) mass is 254 g/mol. The van der Waals surface area contributed by atoms with Gasteiger partial charge in [-0.2, -0.15) is 4.98 Å². The fourth-order valence-corrected chi connectivity index (χ4v) is 1.96. The number of hydrogen-bond acceptors (Lipinski definition) is 4. The van der Waals surface area contributed by atoms with E-state index >= 15 is 0 Å². The average Bonchev–Trinajstić information content (AvgIpc) is 2.72. The maximum Gasteiger partial charge on any atom is 0.394 e. The standard InChI is InChI=1S/C12H14N2O2.ClH/c1-2-6-11-10(5-1)14-12(16-11)15-9-4-3-7-13-8-9;/h1-2,5-6,9,13H,3-4,7-8H2;1H. The van der Waals surface area contributed by atoms with Crippen LogP contribution in [0.15, 0.2) is 28.7 Å². The van der Waals surface area contributed by atoms with E-state index in [9.17, 15) is 0 Å². The molecule has 0 radical (unpaired) electrons. The van der Waals surface area contributed by atoms with E-state index in [-0.39, 0.29) is 18.5 Å². The van der Waals surface area contributed by atoms with E-state index in [0.717, 1.165) is 37.0 Å². The summed E-state index contributed by atoms with van der Waals surface area (Å²) in [4.78, 5) is 4.29. The zero-order chi connectivity index (χ0) is 10.8. The molecular weight excluding hydrogens is 240 g/mol. The number of fused-ring (bicyclic) bond motifs is 1. The number of aromatic nitrogens is 1. The molecule has 0 amide bonds. The van der Waals surface area contributed by atoms with Gasteiger partial charge in [0.05, 0.1) is 0 Å². The molecular formula is C12H15ClN2O2. The molecule has 0 bridgehead atoms. The molecule has 1 aromatic carbocycles. The summed E-state index contributed by atoms with van der Waals surface area (Å²) in [6.45, 7) is 1.95. The van der Waals surface area contributed by atoms with Gasteiger partial charge in [-0.3, -0.25) is 0 Å². The van der Waals surface area contributed by atoms with Crippen molar-refractivity contribution >= 4 is 23.5 Å². The minimum absolute atomic E-state index is 0. The van der Waals surface area contributed by atoms with Gasteiger partial charge in [-0.05, 0) is 31.5 Å². The van der Waals surface area contributed by atoms with Crippen LogP contribution in [0.5, 0.6) is 6.08 Å². The summed E-state index contributed by atoms with van der Waals surface area (Å²) < 4.78 is 11.2. The molecule has 17 heavy (non-hydrogen) atoms. The maximum absolute atomic E-state index is 5.70. The van der Waals surface area contributed by atoms with E-state index in [4.69, 9.17) is 9.15 Å². The second kappa shape index (κ2) is 5.38. The minimum Gasteiger partial charge on any atom is -0.445 e. The molecule has 1 N–H and O–H groups in total. The van der Waals surface area contributed by atoms with Crippen LogP contribution in [0.3, 0.4) is 0 Å². The number of nitrogens with zero attached hydrogens (tertiary/aromatic N) is 1. The summed E-state index contributed by atoms with van der Waals surface area (Å²) in [6.07, 6.45) is 2.77. The molecule has 1 unspecified atom stereocenters. The highest BCUT2D eigenvalue weighted by Crippen LogP contribution is 2.21. The molecule has 0 saturated carbocycles. The van der Waals surface area contributed by atoms with Gasteiger partial charge in [-0.25, -0.2) is 0 Å². The Bertz CT molecular complexity index is 447. The first-order valence-electron chi connectivity index (χ1n) is 5.65. The van der Waals surface area contributed by atoms with Crippen molar-refractivity contribution in [1.82, 2.24) is 10.3 Å². The van der Waals surface area contributed by atoms with Crippen LogP contribution in [-0.2, 0) is 0 Å². The first kappa shape index (κ1) is 12.2. The van der Waals surface area contributed by atoms with Crippen molar-refractivity contribution in [3.05, 3.63) is 24.3 Å². The fraction of sp³-hybridized carbons (Fsp3) is 0.417. The second-order valence-electron chi connectivity index (χ2n) is 4.03. The molecule has 5 heteroatoms. The van der Waals surface area contributed by atoms with Gasteiger partial charge >= 0.3 is 6.08 Å². The molecule has 1 aromatic heterocycles. The summed E-state index contributed by atoms with van der Waals surface area (Å²) in [5, 5.41) is 3.29. The lowest BCUT2D eigenvalue weighted by Gasteiger charge is -2.21. The topological polar surface area (TPSA) is 47.3 Å². The Morgan fingerprint density at radius 2 is 2.24 bits per heavy atom. The molecule has 1 aliphatic rings. The molecule has 1 aliphatic heterocycles. The second-order valence-corrected chi connectivity index (χ2v) is 4.03. The summed E-state index contributed by atoms with van der Waals surface area (Å²) in [5.41, 5.74) is 1.63. The fourth-order valence-electron chi connectivity index (χ4n) is 1.96. The highest BCUT2D eigenvalue weighted by atomic mass is 35.5. The molecule has 0 aliphatic carbocycles. The molecule has 1 atom stereocenters. The Balaban J connectivity index is 0.00000108. The maximum atomic E-state index is 5.70. The highest BCUT2D eigenvalue weighted by molar-refractivity contribution is 5.85. The Kier molecular flexibility index (Phi) is 3.86. The van der Waals surface area contributed by atoms with E-state index in [1.54, 1.807) is 0 Å². The third kappa shape index (κ3) is 2.70. The van der Waals surface area contributed by atoms with Crippen LogP contribution in [0.25, 0.3) is 11.1 Å². The molecule has 3 rings (SSSR count). The van der Waals surface area contributed by atoms with Gasteiger partial charge in [0.15, 0.2) is 5.58 Å². The lowest BCUT2D eigenvalue weighted by atomic mass is 10.1. The van der Waals surface area contributed by atoms with Gasteiger partial charge in [0.1, 0.15) is 11.6 Å². The number of rotatable bonds is 2. The van der Waals surface area contributed by atoms with Gasteiger partial charge in [0.25, 0.3) is 0 Å². The van der Waals surface area contributed by atoms with Crippen LogP contribution < -0.4 is 10.1 Å². The quantitative estimate of drug-likeness (QED) is 0.894. The smallest absolute Gasteiger partial charge is 0.394 e. The lowest BCUT2D eigenvalue weighted by molar-refractivity contribution is 0.125. The molecule has 2 aromatic rings. The Morgan fingerprint density at radius 3 is 3.00 bits per heavy atom. The Hall–Kier alpha value is -1.26. The van der Waals surface area contributed by atoms with Gasteiger partial charge in [-0.1, -0.05) is 12.1 Å². The number of oxazole rings is 1. The van der Waals surface area contributed by atoms with Crippen molar-refractivity contribution in [2.75, 3.05) is 13.1 Å². The van der Waals surface area contributed by atoms with E-state index in [1.807, 2.05) is 24.3 Å². The first-order valence-corrected chi connectivity index (χ1v) is 5.65. The normalized spacial score (nSPS) is 19.9. The average molecular weight is 255 g/mol. The predicted octanol–water partition coefficient (Wildman–Crippen LogP) is 2.38. The van der Waals surface area contributed by atoms with Crippen LogP contribution in [0.2, 0.25) is 0 Å². The predicted molar refractivity (Wildman–Crippen MR) is 67.8 cm³/mol. The number of piperidine rings is 1. The van der Waals surface area contributed by atoms with E-state index < -0.39 is 0 Å². The van der Waals surface area contributed by atoms with Crippen molar-refractivity contribution in [3.63, 3.8) is 0 Å². The lowest BCUT2D eigenvalue weighted by Crippen LogP contribution is -2.37. The van der Waals surface area contributed by atoms with Crippen molar-refractivity contribution < 1.29 is 9.15 Å². The van der Waals surface area contributed by atoms with Gasteiger partial charge in [0, 0.05) is 6.54 Å². The van der Waals surface area contributed by atoms with Crippen molar-refractivity contribution in [2.45, 2.75) is 18.9 Å². The van der Waals surface area contributed by atoms with Crippen LogP contribution in [0, 0.1) is 0 Å². The van der Waals surface area contributed by atoms with E-state index in [0.29, 0.717) is 6.08 Å². The number of nitrogens with one attached hydrogen (secondary N) is 1. The van der Waals surface area contributed by atoms with Gasteiger partial charge < -0.3 is 14.5 Å². The zero-order valence-corrected chi connectivity index (χ0v) is 10.2. The first-order chi connectivity index (χ1) is 7.92. The third-order valence-corrected chi connectivity index (χ3v) is 2.79. The SMILES string of the molecule is Cl.c1ccc2oc(OC3CCCNC3)nc2c1. The van der Waals surface area contributed by atoms with Crippen molar-refractivity contribution in [1.29, 1.82) is 0 Å². The summed E-state index contributed by atoms with van der Waals surface area (Å²) in [7, 11) is 0. The summed E-state index contributed by atoms with van der Waals surface area (Å²) in [6, 6.07) is 7.69.